The second kappa shape index (κ2) is 3.09. The van der Waals surface area contributed by atoms with Crippen LogP contribution in [0.4, 0.5) is 0 Å². The molecule has 0 amide bonds. The van der Waals surface area contributed by atoms with E-state index in [9.17, 15) is 0 Å². The van der Waals surface area contributed by atoms with Crippen LogP contribution in [0.5, 0.6) is 0 Å². The molecule has 1 rings (SSSR count). The zero-order valence-electron chi connectivity index (χ0n) is 7.11. The van der Waals surface area contributed by atoms with Gasteiger partial charge in [-0.15, -0.1) is 0 Å². The van der Waals surface area contributed by atoms with Crippen LogP contribution in [0.1, 0.15) is 33.1 Å². The Bertz CT molecular complexity index is 143. The lowest BCUT2D eigenvalue weighted by Crippen LogP contribution is -1.91. The second-order valence-electron chi connectivity index (χ2n) is 2.91. The minimum Gasteiger partial charge on any atom is -0.501 e. The van der Waals surface area contributed by atoms with Crippen molar-refractivity contribution in [2.75, 3.05) is 7.11 Å². The van der Waals surface area contributed by atoms with Crippen molar-refractivity contribution in [3.63, 3.8) is 0 Å². The van der Waals surface area contributed by atoms with Crippen LogP contribution in [0.2, 0.25) is 0 Å². The Morgan fingerprint density at radius 3 is 2.40 bits per heavy atom. The maximum atomic E-state index is 5.18. The molecule has 0 aliphatic heterocycles. The monoisotopic (exact) mass is 140 g/mol. The Hall–Kier alpha value is -0.460. The molecule has 0 saturated heterocycles. The predicted molar refractivity (Wildman–Crippen MR) is 42.7 cm³/mol. The molecule has 10 heavy (non-hydrogen) atoms. The van der Waals surface area contributed by atoms with Gasteiger partial charge in [0, 0.05) is 0 Å². The van der Waals surface area contributed by atoms with E-state index >= 15 is 0 Å². The van der Waals surface area contributed by atoms with Gasteiger partial charge in [0.15, 0.2) is 0 Å². The van der Waals surface area contributed by atoms with E-state index in [1.165, 1.54) is 18.4 Å². The van der Waals surface area contributed by atoms with Crippen molar-refractivity contribution in [1.82, 2.24) is 0 Å². The van der Waals surface area contributed by atoms with Gasteiger partial charge in [-0.2, -0.15) is 0 Å². The molecule has 58 valence electrons. The van der Waals surface area contributed by atoms with Crippen LogP contribution in [0.15, 0.2) is 11.3 Å². The summed E-state index contributed by atoms with van der Waals surface area (Å²) in [6.45, 7) is 4.27. The lowest BCUT2D eigenvalue weighted by Gasteiger charge is -2.06. The van der Waals surface area contributed by atoms with E-state index in [1.54, 1.807) is 7.11 Å². The predicted octanol–water partition coefficient (Wildman–Crippen LogP) is 2.73. The van der Waals surface area contributed by atoms with Gasteiger partial charge in [-0.1, -0.05) is 6.92 Å². The molecule has 1 aliphatic carbocycles. The summed E-state index contributed by atoms with van der Waals surface area (Å²) in [7, 11) is 1.76. The molecule has 0 heterocycles. The first-order valence-electron chi connectivity index (χ1n) is 4.03. The number of methoxy groups -OCH3 is 1. The molecule has 0 aromatic rings. The molecule has 0 radical (unpaired) electrons. The van der Waals surface area contributed by atoms with E-state index in [0.29, 0.717) is 0 Å². The first-order chi connectivity index (χ1) is 4.79. The molecular weight excluding hydrogens is 124 g/mol. The van der Waals surface area contributed by atoms with Crippen LogP contribution in [0.25, 0.3) is 0 Å². The third-order valence-electron chi connectivity index (χ3n) is 2.21. The first-order valence-corrected chi connectivity index (χ1v) is 4.03. The molecule has 1 nitrogen and oxygen atoms in total. The Balaban J connectivity index is 2.60. The van der Waals surface area contributed by atoms with Crippen molar-refractivity contribution >= 4 is 0 Å². The third-order valence-corrected chi connectivity index (χ3v) is 2.21. The van der Waals surface area contributed by atoms with Gasteiger partial charge in [0.05, 0.1) is 12.9 Å². The molecule has 1 aliphatic rings. The van der Waals surface area contributed by atoms with Gasteiger partial charge < -0.3 is 4.74 Å². The number of allylic oxidation sites excluding steroid dienone is 2. The van der Waals surface area contributed by atoms with E-state index in [2.05, 4.69) is 13.8 Å². The van der Waals surface area contributed by atoms with E-state index in [0.717, 1.165) is 18.1 Å². The maximum Gasteiger partial charge on any atom is 0.0919 e. The highest BCUT2D eigenvalue weighted by Gasteiger charge is 2.26. The fourth-order valence-corrected chi connectivity index (χ4v) is 1.39. The highest BCUT2D eigenvalue weighted by atomic mass is 16.5. The number of rotatable bonds is 3. The highest BCUT2D eigenvalue weighted by Crippen LogP contribution is 2.39. The normalized spacial score (nSPS) is 20.3. The van der Waals surface area contributed by atoms with Crippen LogP contribution in [-0.2, 0) is 4.74 Å². The van der Waals surface area contributed by atoms with E-state index in [-0.39, 0.29) is 0 Å². The van der Waals surface area contributed by atoms with Crippen molar-refractivity contribution in [2.24, 2.45) is 5.92 Å². The zero-order valence-corrected chi connectivity index (χ0v) is 7.11. The van der Waals surface area contributed by atoms with E-state index in [1.807, 2.05) is 0 Å². The second-order valence-corrected chi connectivity index (χ2v) is 2.91. The summed E-state index contributed by atoms with van der Waals surface area (Å²) >= 11 is 0. The molecule has 1 fully saturated rings. The summed E-state index contributed by atoms with van der Waals surface area (Å²) in [6.07, 6.45) is 3.91. The van der Waals surface area contributed by atoms with Gasteiger partial charge in [0.25, 0.3) is 0 Å². The molecule has 0 unspecified atom stereocenters. The van der Waals surface area contributed by atoms with Gasteiger partial charge in [-0.25, -0.2) is 0 Å². The standard InChI is InChI=1S/C9H16O/c1-4-9(7(2)10-3)8-5-6-8/h8H,4-6H2,1-3H3. The Labute approximate surface area is 63.1 Å². The third kappa shape index (κ3) is 1.53. The Morgan fingerprint density at radius 1 is 1.50 bits per heavy atom. The smallest absolute Gasteiger partial charge is 0.0919 e. The molecule has 0 bridgehead atoms. The summed E-state index contributed by atoms with van der Waals surface area (Å²) in [5, 5.41) is 0. The van der Waals surface area contributed by atoms with Crippen LogP contribution in [-0.4, -0.2) is 7.11 Å². The summed E-state index contributed by atoms with van der Waals surface area (Å²) in [5.74, 6) is 2.01. The molecule has 0 aromatic carbocycles. The first kappa shape index (κ1) is 7.64. The van der Waals surface area contributed by atoms with Crippen molar-refractivity contribution < 1.29 is 4.74 Å². The van der Waals surface area contributed by atoms with E-state index < -0.39 is 0 Å². The van der Waals surface area contributed by atoms with Crippen LogP contribution < -0.4 is 0 Å². The molecule has 1 heteroatoms. The lowest BCUT2D eigenvalue weighted by molar-refractivity contribution is 0.285. The van der Waals surface area contributed by atoms with Crippen LogP contribution in [0.3, 0.4) is 0 Å². The van der Waals surface area contributed by atoms with Crippen LogP contribution >= 0.6 is 0 Å². The minimum atomic E-state index is 0.866. The summed E-state index contributed by atoms with van der Waals surface area (Å²) in [6, 6.07) is 0. The fourth-order valence-electron chi connectivity index (χ4n) is 1.39. The van der Waals surface area contributed by atoms with Gasteiger partial charge >= 0.3 is 0 Å². The quantitative estimate of drug-likeness (QED) is 0.548. The molecule has 0 spiro atoms. The number of hydrogen-bond donors (Lipinski definition) is 0. The maximum absolute atomic E-state index is 5.18. The molecule has 0 atom stereocenters. The highest BCUT2D eigenvalue weighted by molar-refractivity contribution is 5.15. The fraction of sp³-hybridized carbons (Fsp3) is 0.778. The SMILES string of the molecule is CCC(=C(C)OC)C1CC1. The average molecular weight is 140 g/mol. The summed E-state index contributed by atoms with van der Waals surface area (Å²) in [4.78, 5) is 0. The van der Waals surface area contributed by atoms with Crippen LogP contribution in [0, 0.1) is 5.92 Å². The molecule has 1 saturated carbocycles. The summed E-state index contributed by atoms with van der Waals surface area (Å²) < 4.78 is 5.18. The molecular formula is C9H16O. The number of hydrogen-bond acceptors (Lipinski definition) is 1. The summed E-state index contributed by atoms with van der Waals surface area (Å²) in [5.41, 5.74) is 1.53. The van der Waals surface area contributed by atoms with Crippen molar-refractivity contribution in [3.05, 3.63) is 11.3 Å². The molecule has 0 aromatic heterocycles. The van der Waals surface area contributed by atoms with Crippen molar-refractivity contribution in [2.45, 2.75) is 33.1 Å². The van der Waals surface area contributed by atoms with Gasteiger partial charge in [-0.05, 0) is 37.7 Å². The number of ether oxygens (including phenoxy) is 1. The Kier molecular flexibility index (Phi) is 2.36. The van der Waals surface area contributed by atoms with Gasteiger partial charge in [0.1, 0.15) is 0 Å². The van der Waals surface area contributed by atoms with Gasteiger partial charge in [-0.3, -0.25) is 0 Å². The largest absolute Gasteiger partial charge is 0.501 e. The molecule has 0 N–H and O–H groups in total. The lowest BCUT2D eigenvalue weighted by atomic mass is 10.1. The van der Waals surface area contributed by atoms with Crippen molar-refractivity contribution in [3.8, 4) is 0 Å². The average Bonchev–Trinajstić information content (AvgIpc) is 2.73. The van der Waals surface area contributed by atoms with Crippen molar-refractivity contribution in [1.29, 1.82) is 0 Å². The zero-order chi connectivity index (χ0) is 7.56. The van der Waals surface area contributed by atoms with E-state index in [4.69, 9.17) is 4.74 Å². The Morgan fingerprint density at radius 2 is 2.10 bits per heavy atom. The van der Waals surface area contributed by atoms with Gasteiger partial charge in [0.2, 0.25) is 0 Å². The minimum absolute atomic E-state index is 0.866. The topological polar surface area (TPSA) is 9.23 Å².